The van der Waals surface area contributed by atoms with Crippen LogP contribution in [0.4, 0.5) is 0 Å². The van der Waals surface area contributed by atoms with Gasteiger partial charge in [0.1, 0.15) is 6.29 Å². The number of carbonyl (C=O) groups is 1. The smallest absolute Gasteiger partial charge is 0.124 e. The fraction of sp³-hybridized carbons (Fsp3) is 0.350. The van der Waals surface area contributed by atoms with Crippen LogP contribution in [0, 0.1) is 5.92 Å². The average Bonchev–Trinajstić information content (AvgIpc) is 2.85. The van der Waals surface area contributed by atoms with Crippen LogP contribution in [0.1, 0.15) is 30.9 Å². The molecule has 0 aliphatic heterocycles. The van der Waals surface area contributed by atoms with E-state index in [1.165, 1.54) is 22.3 Å². The summed E-state index contributed by atoms with van der Waals surface area (Å²) in [6.45, 7) is 2.66. The summed E-state index contributed by atoms with van der Waals surface area (Å²) in [6, 6.07) is 16.9. The average molecular weight is 294 g/mol. The molecule has 0 heterocycles. The molecule has 114 valence electrons. The van der Waals surface area contributed by atoms with E-state index in [0.717, 1.165) is 19.1 Å². The van der Waals surface area contributed by atoms with E-state index in [1.807, 2.05) is 0 Å². The van der Waals surface area contributed by atoms with Crippen molar-refractivity contribution in [2.75, 3.05) is 13.7 Å². The highest BCUT2D eigenvalue weighted by Gasteiger charge is 2.48. The molecule has 0 aromatic heterocycles. The zero-order valence-electron chi connectivity index (χ0n) is 13.2. The summed E-state index contributed by atoms with van der Waals surface area (Å²) in [5.41, 5.74) is 4.56. The van der Waals surface area contributed by atoms with Crippen LogP contribution >= 0.6 is 0 Å². The van der Waals surface area contributed by atoms with Crippen LogP contribution in [0.3, 0.4) is 0 Å². The molecule has 1 unspecified atom stereocenters. The lowest BCUT2D eigenvalue weighted by molar-refractivity contribution is -0.113. The molecule has 0 saturated heterocycles. The van der Waals surface area contributed by atoms with Gasteiger partial charge in [-0.05, 0) is 28.7 Å². The second-order valence-electron chi connectivity index (χ2n) is 6.03. The van der Waals surface area contributed by atoms with Gasteiger partial charge in [-0.25, -0.2) is 0 Å². The Morgan fingerprint density at radius 2 is 1.59 bits per heavy atom. The third kappa shape index (κ3) is 2.02. The van der Waals surface area contributed by atoms with E-state index >= 15 is 0 Å². The Morgan fingerprint density at radius 1 is 1.05 bits per heavy atom. The minimum Gasteiger partial charge on any atom is -0.383 e. The summed E-state index contributed by atoms with van der Waals surface area (Å²) in [7, 11) is 1.72. The van der Waals surface area contributed by atoms with Crippen LogP contribution in [-0.2, 0) is 14.9 Å². The van der Waals surface area contributed by atoms with E-state index in [2.05, 4.69) is 55.5 Å². The van der Waals surface area contributed by atoms with Gasteiger partial charge in [0.2, 0.25) is 0 Å². The second kappa shape index (κ2) is 6.05. The minimum atomic E-state index is -0.361. The molecule has 3 rings (SSSR count). The number of ether oxygens (including phenoxy) is 1. The van der Waals surface area contributed by atoms with E-state index in [4.69, 9.17) is 4.74 Å². The van der Waals surface area contributed by atoms with Gasteiger partial charge in [-0.2, -0.15) is 0 Å². The van der Waals surface area contributed by atoms with E-state index in [9.17, 15) is 4.79 Å². The van der Waals surface area contributed by atoms with Gasteiger partial charge in [-0.15, -0.1) is 0 Å². The summed E-state index contributed by atoms with van der Waals surface area (Å²) < 4.78 is 5.61. The lowest BCUT2D eigenvalue weighted by Crippen LogP contribution is -2.40. The minimum absolute atomic E-state index is 0.0674. The number of hydrogen-bond acceptors (Lipinski definition) is 2. The quantitative estimate of drug-likeness (QED) is 0.746. The number of methoxy groups -OCH3 is 1. The maximum Gasteiger partial charge on any atom is 0.124 e. The van der Waals surface area contributed by atoms with E-state index in [0.29, 0.717) is 6.61 Å². The molecule has 1 atom stereocenters. The Morgan fingerprint density at radius 3 is 2.05 bits per heavy atom. The van der Waals surface area contributed by atoms with E-state index in [-0.39, 0.29) is 11.3 Å². The molecule has 2 aromatic rings. The number of fused-ring (bicyclic) bond motifs is 3. The summed E-state index contributed by atoms with van der Waals surface area (Å²) in [6.07, 6.45) is 2.98. The molecule has 0 spiro atoms. The third-order valence-electron chi connectivity index (χ3n) is 4.87. The molecule has 0 fully saturated rings. The van der Waals surface area contributed by atoms with Crippen LogP contribution < -0.4 is 0 Å². The van der Waals surface area contributed by atoms with Crippen LogP contribution in [0.2, 0.25) is 0 Å². The highest BCUT2D eigenvalue weighted by molar-refractivity contribution is 5.83. The van der Waals surface area contributed by atoms with Gasteiger partial charge in [0.15, 0.2) is 0 Å². The van der Waals surface area contributed by atoms with Gasteiger partial charge >= 0.3 is 0 Å². The molecule has 22 heavy (non-hydrogen) atoms. The Balaban J connectivity index is 2.30. The summed E-state index contributed by atoms with van der Waals surface area (Å²) >= 11 is 0. The lowest BCUT2D eigenvalue weighted by Gasteiger charge is -2.36. The van der Waals surface area contributed by atoms with Crippen LogP contribution in [-0.4, -0.2) is 20.0 Å². The standard InChI is InChI=1S/C20H22O2/c1-3-8-15(13-21)20(14-22-2)18-11-6-4-9-16(18)17-10-5-7-12-19(17)20/h4-7,9-13,15H,3,8,14H2,1-2H3. The summed E-state index contributed by atoms with van der Waals surface area (Å²) in [5.74, 6) is -0.0674. The number of benzene rings is 2. The molecule has 0 radical (unpaired) electrons. The van der Waals surface area contributed by atoms with Gasteiger partial charge < -0.3 is 9.53 Å². The van der Waals surface area contributed by atoms with Crippen LogP contribution in [0.15, 0.2) is 48.5 Å². The van der Waals surface area contributed by atoms with Crippen molar-refractivity contribution in [3.8, 4) is 11.1 Å². The van der Waals surface area contributed by atoms with Crippen molar-refractivity contribution < 1.29 is 9.53 Å². The van der Waals surface area contributed by atoms with Crippen molar-refractivity contribution >= 4 is 6.29 Å². The van der Waals surface area contributed by atoms with Gasteiger partial charge in [-0.1, -0.05) is 61.9 Å². The molecular formula is C20H22O2. The normalized spacial score (nSPS) is 15.9. The Labute approximate surface area is 132 Å². The molecule has 0 amide bonds. The van der Waals surface area contributed by atoms with Gasteiger partial charge in [0, 0.05) is 13.0 Å². The molecule has 1 aliphatic rings. The predicted molar refractivity (Wildman–Crippen MR) is 89.0 cm³/mol. The molecular weight excluding hydrogens is 272 g/mol. The predicted octanol–water partition coefficient (Wildman–Crippen LogP) is 4.21. The molecule has 2 aromatic carbocycles. The fourth-order valence-corrected chi connectivity index (χ4v) is 3.99. The Kier molecular flexibility index (Phi) is 4.12. The zero-order chi connectivity index (χ0) is 15.6. The maximum atomic E-state index is 11.9. The van der Waals surface area contributed by atoms with Crippen molar-refractivity contribution in [2.24, 2.45) is 5.92 Å². The fourth-order valence-electron chi connectivity index (χ4n) is 3.99. The highest BCUT2D eigenvalue weighted by Crippen LogP contribution is 2.53. The number of carbonyl (C=O) groups excluding carboxylic acids is 1. The van der Waals surface area contributed by atoms with Crippen LogP contribution in [0.5, 0.6) is 0 Å². The second-order valence-corrected chi connectivity index (χ2v) is 6.03. The van der Waals surface area contributed by atoms with Crippen molar-refractivity contribution in [3.05, 3.63) is 59.7 Å². The first-order chi connectivity index (χ1) is 10.8. The SMILES string of the molecule is CCCC(C=O)C1(COC)c2ccccc2-c2ccccc21. The Bertz CT molecular complexity index is 629. The van der Waals surface area contributed by atoms with E-state index < -0.39 is 0 Å². The highest BCUT2D eigenvalue weighted by atomic mass is 16.5. The summed E-state index contributed by atoms with van der Waals surface area (Å²) in [5, 5.41) is 0. The largest absolute Gasteiger partial charge is 0.383 e. The number of aldehydes is 1. The van der Waals surface area contributed by atoms with Crippen molar-refractivity contribution in [3.63, 3.8) is 0 Å². The van der Waals surface area contributed by atoms with Gasteiger partial charge in [0.05, 0.1) is 12.0 Å². The molecule has 2 nitrogen and oxygen atoms in total. The first-order valence-electron chi connectivity index (χ1n) is 7.93. The molecule has 0 saturated carbocycles. The van der Waals surface area contributed by atoms with Crippen molar-refractivity contribution in [1.82, 2.24) is 0 Å². The van der Waals surface area contributed by atoms with E-state index in [1.54, 1.807) is 7.11 Å². The molecule has 2 heteroatoms. The molecule has 0 N–H and O–H groups in total. The zero-order valence-corrected chi connectivity index (χ0v) is 13.2. The van der Waals surface area contributed by atoms with Crippen molar-refractivity contribution in [1.29, 1.82) is 0 Å². The Hall–Kier alpha value is -1.93. The monoisotopic (exact) mass is 294 g/mol. The molecule has 1 aliphatic carbocycles. The third-order valence-corrected chi connectivity index (χ3v) is 4.87. The van der Waals surface area contributed by atoms with Gasteiger partial charge in [0.25, 0.3) is 0 Å². The number of hydrogen-bond donors (Lipinski definition) is 0. The van der Waals surface area contributed by atoms with Crippen LogP contribution in [0.25, 0.3) is 11.1 Å². The van der Waals surface area contributed by atoms with Crippen molar-refractivity contribution in [2.45, 2.75) is 25.2 Å². The number of rotatable bonds is 6. The first-order valence-corrected chi connectivity index (χ1v) is 7.93. The lowest BCUT2D eigenvalue weighted by atomic mass is 9.68. The first kappa shape index (κ1) is 15.0. The molecule has 0 bridgehead atoms. The maximum absolute atomic E-state index is 11.9. The summed E-state index contributed by atoms with van der Waals surface area (Å²) in [4.78, 5) is 11.9. The van der Waals surface area contributed by atoms with Gasteiger partial charge in [-0.3, -0.25) is 0 Å². The topological polar surface area (TPSA) is 26.3 Å².